The van der Waals surface area contributed by atoms with Gasteiger partial charge in [0.05, 0.1) is 17.1 Å². The van der Waals surface area contributed by atoms with E-state index >= 15 is 0 Å². The summed E-state index contributed by atoms with van der Waals surface area (Å²) in [6.45, 7) is 7.14. The summed E-state index contributed by atoms with van der Waals surface area (Å²) in [4.78, 5) is 7.34. The van der Waals surface area contributed by atoms with E-state index in [4.69, 9.17) is 0 Å². The van der Waals surface area contributed by atoms with Crippen LogP contribution in [0, 0.1) is 6.92 Å². The smallest absolute Gasteiger partial charge is 0.0515 e. The number of hydrogen-bond acceptors (Lipinski definition) is 3. The lowest BCUT2D eigenvalue weighted by atomic mass is 9.80. The number of nitrogens with zero attached hydrogens (tertiary/aromatic N) is 3. The Labute approximate surface area is 393 Å². The van der Waals surface area contributed by atoms with Gasteiger partial charge in [-0.25, -0.2) is 0 Å². The zero-order valence-electron chi connectivity index (χ0n) is 37.9. The molecule has 0 unspecified atom stereocenters. The van der Waals surface area contributed by atoms with Crippen molar-refractivity contribution in [3.05, 3.63) is 259 Å². The maximum Gasteiger partial charge on any atom is 0.0515 e. The molecule has 0 atom stereocenters. The van der Waals surface area contributed by atoms with E-state index in [0.29, 0.717) is 0 Å². The van der Waals surface area contributed by atoms with E-state index in [1.807, 2.05) is 0 Å². The Kier molecular flexibility index (Phi) is 9.73. The van der Waals surface area contributed by atoms with Crippen LogP contribution in [0.25, 0.3) is 43.4 Å². The van der Waals surface area contributed by atoms with Crippen LogP contribution in [0.2, 0.25) is 0 Å². The zero-order chi connectivity index (χ0) is 45.1. The molecule has 3 nitrogen and oxygen atoms in total. The van der Waals surface area contributed by atoms with Crippen molar-refractivity contribution >= 4 is 83.5 Å². The molecular formula is C64H49N3. The molecule has 0 heterocycles. The van der Waals surface area contributed by atoms with Crippen LogP contribution in [-0.4, -0.2) is 0 Å². The van der Waals surface area contributed by atoms with Gasteiger partial charge in [0.25, 0.3) is 0 Å². The van der Waals surface area contributed by atoms with Gasteiger partial charge in [0.1, 0.15) is 0 Å². The van der Waals surface area contributed by atoms with Crippen LogP contribution in [0.1, 0.15) is 30.5 Å². The van der Waals surface area contributed by atoms with Crippen molar-refractivity contribution in [2.45, 2.75) is 26.2 Å². The third-order valence-electron chi connectivity index (χ3n) is 13.9. The second kappa shape index (κ2) is 16.2. The number of benzene rings is 11. The van der Waals surface area contributed by atoms with E-state index in [1.165, 1.54) is 60.3 Å². The lowest BCUT2D eigenvalue weighted by molar-refractivity contribution is 0.661. The standard InChI is InChI=1S/C64H49N3/c1-44-58(66(51-29-11-6-12-30-51)54-39-37-45-21-13-14-23-47(45)41-54)35-20-36-59(44)67(53-32-19-31-52(43-53)65(49-25-7-4-8-26-49)50-27-9-5-10-28-50)60-42-48-24-16-18-34-56(48)62-61-55-33-17-15-22-46(55)38-40-57(61)64(2,3)63(60)62/h4-43H,1-3H3. The maximum atomic E-state index is 2.56. The Morgan fingerprint density at radius 2 is 0.761 bits per heavy atom. The van der Waals surface area contributed by atoms with Crippen LogP contribution in [0.4, 0.5) is 51.2 Å². The summed E-state index contributed by atoms with van der Waals surface area (Å²) in [6.07, 6.45) is 0. The molecule has 1 aliphatic rings. The fraction of sp³-hybridized carbons (Fsp3) is 0.0625. The summed E-state index contributed by atoms with van der Waals surface area (Å²) in [5.41, 5.74) is 16.1. The lowest BCUT2D eigenvalue weighted by Crippen LogP contribution is -2.22. The first-order valence-electron chi connectivity index (χ1n) is 23.3. The fourth-order valence-corrected chi connectivity index (χ4v) is 10.8. The van der Waals surface area contributed by atoms with Crippen molar-refractivity contribution < 1.29 is 0 Å². The van der Waals surface area contributed by atoms with Gasteiger partial charge in [-0.15, -0.1) is 0 Å². The minimum atomic E-state index is -0.337. The highest BCUT2D eigenvalue weighted by Gasteiger charge is 2.41. The molecule has 0 spiro atoms. The SMILES string of the molecule is Cc1c(N(c2ccccc2)c2ccc3ccccc3c2)cccc1N(c1cccc(N(c2ccccc2)c2ccccc2)c1)c1cc2ccccc2c2c1C(C)(C)c1ccc3ccccc3c1-2. The molecule has 0 saturated carbocycles. The van der Waals surface area contributed by atoms with Gasteiger partial charge in [0.2, 0.25) is 0 Å². The Balaban J connectivity index is 1.15. The van der Waals surface area contributed by atoms with Crippen LogP contribution >= 0.6 is 0 Å². The number of fused-ring (bicyclic) bond motifs is 8. The van der Waals surface area contributed by atoms with Gasteiger partial charge in [0.15, 0.2) is 0 Å². The second-order valence-electron chi connectivity index (χ2n) is 18.2. The largest absolute Gasteiger partial charge is 0.310 e. The highest BCUT2D eigenvalue weighted by Crippen LogP contribution is 2.59. The van der Waals surface area contributed by atoms with Gasteiger partial charge in [-0.1, -0.05) is 172 Å². The van der Waals surface area contributed by atoms with Gasteiger partial charge >= 0.3 is 0 Å². The minimum absolute atomic E-state index is 0.337. The third kappa shape index (κ3) is 6.73. The molecule has 0 aliphatic heterocycles. The molecule has 0 bridgehead atoms. The van der Waals surface area contributed by atoms with Crippen molar-refractivity contribution in [2.75, 3.05) is 14.7 Å². The molecule has 0 amide bonds. The summed E-state index contributed by atoms with van der Waals surface area (Å²) >= 11 is 0. The minimum Gasteiger partial charge on any atom is -0.310 e. The van der Waals surface area contributed by atoms with E-state index in [-0.39, 0.29) is 5.41 Å². The van der Waals surface area contributed by atoms with E-state index in [9.17, 15) is 0 Å². The molecule has 0 radical (unpaired) electrons. The topological polar surface area (TPSA) is 9.72 Å². The molecule has 11 aromatic rings. The highest BCUT2D eigenvalue weighted by molar-refractivity contribution is 6.14. The molecule has 0 fully saturated rings. The van der Waals surface area contributed by atoms with Crippen molar-refractivity contribution in [1.29, 1.82) is 0 Å². The Morgan fingerprint density at radius 1 is 0.299 bits per heavy atom. The van der Waals surface area contributed by atoms with Crippen LogP contribution in [-0.2, 0) is 5.41 Å². The van der Waals surface area contributed by atoms with Crippen molar-refractivity contribution in [3.8, 4) is 11.1 Å². The number of anilines is 9. The molecular weight excluding hydrogens is 811 g/mol. The molecule has 0 N–H and O–H groups in total. The van der Waals surface area contributed by atoms with Crippen molar-refractivity contribution in [3.63, 3.8) is 0 Å². The maximum absolute atomic E-state index is 2.56. The lowest BCUT2D eigenvalue weighted by Gasteiger charge is -2.36. The van der Waals surface area contributed by atoms with Gasteiger partial charge in [-0.05, 0) is 152 Å². The van der Waals surface area contributed by atoms with E-state index in [2.05, 4.69) is 278 Å². The number of hydrogen-bond donors (Lipinski definition) is 0. The number of rotatable bonds is 9. The van der Waals surface area contributed by atoms with Gasteiger partial charge < -0.3 is 14.7 Å². The second-order valence-corrected chi connectivity index (χ2v) is 18.2. The summed E-state index contributed by atoms with van der Waals surface area (Å²) < 4.78 is 0. The predicted molar refractivity (Wildman–Crippen MR) is 285 cm³/mol. The van der Waals surface area contributed by atoms with E-state index < -0.39 is 0 Å². The first-order chi connectivity index (χ1) is 32.9. The first kappa shape index (κ1) is 40.1. The molecule has 12 rings (SSSR count). The van der Waals surface area contributed by atoms with E-state index in [0.717, 1.165) is 51.1 Å². The Hall–Kier alpha value is -8.40. The molecule has 0 saturated heterocycles. The van der Waals surface area contributed by atoms with Gasteiger partial charge in [-0.3, -0.25) is 0 Å². The van der Waals surface area contributed by atoms with Crippen molar-refractivity contribution in [1.82, 2.24) is 0 Å². The number of para-hydroxylation sites is 3. The molecule has 67 heavy (non-hydrogen) atoms. The van der Waals surface area contributed by atoms with Crippen LogP contribution in [0.15, 0.2) is 243 Å². The molecule has 3 heteroatoms. The van der Waals surface area contributed by atoms with Gasteiger partial charge in [0, 0.05) is 39.5 Å². The van der Waals surface area contributed by atoms with Crippen molar-refractivity contribution in [2.24, 2.45) is 0 Å². The van der Waals surface area contributed by atoms with Crippen LogP contribution in [0.5, 0.6) is 0 Å². The van der Waals surface area contributed by atoms with Gasteiger partial charge in [-0.2, -0.15) is 0 Å². The monoisotopic (exact) mass is 859 g/mol. The summed E-state index contributed by atoms with van der Waals surface area (Å²) in [6, 6.07) is 88.6. The first-order valence-corrected chi connectivity index (χ1v) is 23.3. The molecule has 11 aromatic carbocycles. The third-order valence-corrected chi connectivity index (χ3v) is 13.9. The quantitative estimate of drug-likeness (QED) is 0.143. The predicted octanol–water partition coefficient (Wildman–Crippen LogP) is 18.2. The normalized spacial score (nSPS) is 12.5. The molecule has 0 aromatic heterocycles. The average Bonchev–Trinajstić information content (AvgIpc) is 3.63. The summed E-state index contributed by atoms with van der Waals surface area (Å²) in [5, 5.41) is 7.45. The Bertz CT molecular complexity index is 3600. The van der Waals surface area contributed by atoms with E-state index in [1.54, 1.807) is 0 Å². The molecule has 1 aliphatic carbocycles. The van der Waals surface area contributed by atoms with Crippen LogP contribution < -0.4 is 14.7 Å². The summed E-state index contributed by atoms with van der Waals surface area (Å²) in [7, 11) is 0. The molecule has 320 valence electrons. The summed E-state index contributed by atoms with van der Waals surface area (Å²) in [5.74, 6) is 0. The van der Waals surface area contributed by atoms with Crippen LogP contribution in [0.3, 0.4) is 0 Å². The average molecular weight is 860 g/mol. The highest BCUT2D eigenvalue weighted by atomic mass is 15.2. The Morgan fingerprint density at radius 3 is 1.42 bits per heavy atom. The fourth-order valence-electron chi connectivity index (χ4n) is 10.8. The zero-order valence-corrected chi connectivity index (χ0v) is 37.9.